The van der Waals surface area contributed by atoms with Crippen molar-refractivity contribution in [2.45, 2.75) is 56.7 Å². The van der Waals surface area contributed by atoms with Crippen LogP contribution in [0.3, 0.4) is 0 Å². The van der Waals surface area contributed by atoms with Crippen LogP contribution in [0, 0.1) is 0 Å². The topological polar surface area (TPSA) is 126 Å². The van der Waals surface area contributed by atoms with Crippen LogP contribution in [-0.4, -0.2) is 60.7 Å². The number of piperidine rings is 2. The fourth-order valence-electron chi connectivity index (χ4n) is 6.41. The summed E-state index contributed by atoms with van der Waals surface area (Å²) in [4.78, 5) is 35.0. The molecule has 0 spiro atoms. The van der Waals surface area contributed by atoms with Gasteiger partial charge in [0.1, 0.15) is 6.10 Å². The lowest BCUT2D eigenvalue weighted by atomic mass is 9.91. The van der Waals surface area contributed by atoms with Gasteiger partial charge in [-0.25, -0.2) is 9.97 Å². The number of nitrogens with one attached hydrogen (secondary N) is 4. The number of benzene rings is 2. The molecule has 2 saturated heterocycles. The second kappa shape index (κ2) is 16.3. The molecule has 0 bridgehead atoms. The molecule has 0 aliphatic carbocycles. The molecule has 268 valence electrons. The van der Waals surface area contributed by atoms with E-state index in [1.807, 2.05) is 48.5 Å². The van der Waals surface area contributed by atoms with Crippen molar-refractivity contribution in [2.24, 2.45) is 0 Å². The zero-order valence-electron chi connectivity index (χ0n) is 28.3. The molecule has 4 heterocycles. The zero-order chi connectivity index (χ0) is 35.8. The minimum atomic E-state index is -4.63. The minimum absolute atomic E-state index is 0.0306. The zero-order valence-corrected chi connectivity index (χ0v) is 28.3. The van der Waals surface area contributed by atoms with Gasteiger partial charge in [0.2, 0.25) is 5.88 Å². The minimum Gasteiger partial charge on any atom is -0.483 e. The second-order valence-corrected chi connectivity index (χ2v) is 12.9. The van der Waals surface area contributed by atoms with E-state index in [0.717, 1.165) is 58.1 Å². The molecule has 13 heteroatoms. The van der Waals surface area contributed by atoms with Gasteiger partial charge in [0.05, 0.1) is 11.1 Å². The van der Waals surface area contributed by atoms with Crippen molar-refractivity contribution in [1.82, 2.24) is 20.6 Å². The van der Waals surface area contributed by atoms with Gasteiger partial charge < -0.3 is 30.7 Å². The fraction of sp³-hybridized carbons (Fsp3) is 0.368. The maximum atomic E-state index is 13.4. The standard InChI is InChI=1S/C38H41F3N6O4/c1-24(51-33-7-4-18-44-34(33)36(49)47-31-14-10-26(11-15-31)28-6-3-17-43-21-28)32-19-29(22-45-37(32)50-23-38(39,40)41)35(48)46-30-12-8-25(9-13-30)27-5-2-16-42-20-27/h4,7-15,18-19,22,24,27-28,42-43H,2-3,5-6,16-17,20-21,23H2,1H3,(H,46,48)(H,47,49). The van der Waals surface area contributed by atoms with Crippen molar-refractivity contribution in [3.8, 4) is 11.6 Å². The van der Waals surface area contributed by atoms with Crippen LogP contribution in [0.4, 0.5) is 24.5 Å². The number of carbonyl (C=O) groups is 2. The Hall–Kier alpha value is -5.01. The number of hydrogen-bond donors (Lipinski definition) is 4. The number of amides is 2. The van der Waals surface area contributed by atoms with E-state index in [1.165, 1.54) is 29.5 Å². The Bertz CT molecular complexity index is 1790. The van der Waals surface area contributed by atoms with Crippen molar-refractivity contribution in [1.29, 1.82) is 0 Å². The van der Waals surface area contributed by atoms with E-state index in [1.54, 1.807) is 13.0 Å². The number of rotatable bonds is 11. The van der Waals surface area contributed by atoms with Crippen molar-refractivity contribution in [3.63, 3.8) is 0 Å². The third kappa shape index (κ3) is 9.62. The molecule has 0 saturated carbocycles. The van der Waals surface area contributed by atoms with Crippen LogP contribution in [0.5, 0.6) is 11.6 Å². The quantitative estimate of drug-likeness (QED) is 0.132. The summed E-state index contributed by atoms with van der Waals surface area (Å²) >= 11 is 0. The maximum absolute atomic E-state index is 13.4. The van der Waals surface area contributed by atoms with Crippen LogP contribution in [0.15, 0.2) is 79.1 Å². The molecule has 4 N–H and O–H groups in total. The molecular formula is C38H41F3N6O4. The molecule has 2 amide bonds. The van der Waals surface area contributed by atoms with Gasteiger partial charge in [0.15, 0.2) is 18.1 Å². The predicted octanol–water partition coefficient (Wildman–Crippen LogP) is 7.00. The second-order valence-electron chi connectivity index (χ2n) is 12.9. The number of ether oxygens (including phenoxy) is 2. The lowest BCUT2D eigenvalue weighted by Crippen LogP contribution is -2.28. The Morgan fingerprint density at radius 3 is 2.00 bits per heavy atom. The van der Waals surface area contributed by atoms with Gasteiger partial charge in [-0.1, -0.05) is 24.3 Å². The van der Waals surface area contributed by atoms with E-state index >= 15 is 0 Å². The van der Waals surface area contributed by atoms with Gasteiger partial charge in [-0.15, -0.1) is 0 Å². The first-order valence-corrected chi connectivity index (χ1v) is 17.2. The molecule has 2 fully saturated rings. The molecule has 2 aromatic carbocycles. The maximum Gasteiger partial charge on any atom is 0.422 e. The average Bonchev–Trinajstić information content (AvgIpc) is 3.15. The highest BCUT2D eigenvalue weighted by Gasteiger charge is 2.30. The summed E-state index contributed by atoms with van der Waals surface area (Å²) in [6.07, 6.45) is 1.37. The van der Waals surface area contributed by atoms with Crippen molar-refractivity contribution in [3.05, 3.63) is 107 Å². The Morgan fingerprint density at radius 2 is 1.45 bits per heavy atom. The molecule has 51 heavy (non-hydrogen) atoms. The highest BCUT2D eigenvalue weighted by Crippen LogP contribution is 2.32. The van der Waals surface area contributed by atoms with Crippen LogP contribution in [-0.2, 0) is 0 Å². The Balaban J connectivity index is 1.17. The number of halogens is 3. The molecule has 3 unspecified atom stereocenters. The molecule has 6 rings (SSSR count). The number of alkyl halides is 3. The summed E-state index contributed by atoms with van der Waals surface area (Å²) in [6, 6.07) is 19.7. The number of nitrogens with zero attached hydrogens (tertiary/aromatic N) is 2. The summed E-state index contributed by atoms with van der Waals surface area (Å²) < 4.78 is 50.6. The first-order chi connectivity index (χ1) is 24.6. The monoisotopic (exact) mass is 702 g/mol. The predicted molar refractivity (Wildman–Crippen MR) is 188 cm³/mol. The van der Waals surface area contributed by atoms with E-state index < -0.39 is 30.7 Å². The lowest BCUT2D eigenvalue weighted by Gasteiger charge is -2.23. The van der Waals surface area contributed by atoms with Crippen molar-refractivity contribution < 1.29 is 32.2 Å². The Morgan fingerprint density at radius 1 is 0.863 bits per heavy atom. The van der Waals surface area contributed by atoms with Crippen LogP contribution in [0.1, 0.15) is 88.1 Å². The SMILES string of the molecule is CC(Oc1cccnc1C(=O)Nc1ccc(C2CCCNC2)cc1)c1cc(C(=O)Nc2ccc(C3CCCNC3)cc2)cnc1OCC(F)(F)F. The number of anilines is 2. The van der Waals surface area contributed by atoms with Crippen molar-refractivity contribution >= 4 is 23.2 Å². The molecule has 10 nitrogen and oxygen atoms in total. The molecule has 2 aromatic heterocycles. The van der Waals surface area contributed by atoms with Crippen LogP contribution in [0.25, 0.3) is 0 Å². The summed E-state index contributed by atoms with van der Waals surface area (Å²) in [5.41, 5.74) is 3.62. The Kier molecular flexibility index (Phi) is 11.5. The number of aromatic nitrogens is 2. The van der Waals surface area contributed by atoms with Gasteiger partial charge in [0, 0.05) is 36.9 Å². The summed E-state index contributed by atoms with van der Waals surface area (Å²) in [6.45, 7) is 3.81. The van der Waals surface area contributed by atoms with Crippen LogP contribution < -0.4 is 30.7 Å². The number of pyridine rings is 2. The highest BCUT2D eigenvalue weighted by atomic mass is 19.4. The van der Waals surface area contributed by atoms with E-state index in [-0.39, 0.29) is 28.5 Å². The van der Waals surface area contributed by atoms with Gasteiger partial charge in [-0.3, -0.25) is 9.59 Å². The first-order valence-electron chi connectivity index (χ1n) is 17.2. The highest BCUT2D eigenvalue weighted by molar-refractivity contribution is 6.05. The van der Waals surface area contributed by atoms with Crippen molar-refractivity contribution in [2.75, 3.05) is 43.4 Å². The summed E-state index contributed by atoms with van der Waals surface area (Å²) in [5, 5.41) is 12.5. The van der Waals surface area contributed by atoms with Crippen LogP contribution in [0.2, 0.25) is 0 Å². The van der Waals surface area contributed by atoms with E-state index in [4.69, 9.17) is 9.47 Å². The summed E-state index contributed by atoms with van der Waals surface area (Å²) in [7, 11) is 0. The third-order valence-electron chi connectivity index (χ3n) is 9.11. The van der Waals surface area contributed by atoms with Gasteiger partial charge in [0.25, 0.3) is 11.8 Å². The molecule has 3 atom stereocenters. The largest absolute Gasteiger partial charge is 0.483 e. The van der Waals surface area contributed by atoms with E-state index in [9.17, 15) is 22.8 Å². The average molecular weight is 703 g/mol. The lowest BCUT2D eigenvalue weighted by molar-refractivity contribution is -0.154. The molecule has 0 radical (unpaired) electrons. The smallest absolute Gasteiger partial charge is 0.422 e. The fourth-order valence-corrected chi connectivity index (χ4v) is 6.41. The number of hydrogen-bond acceptors (Lipinski definition) is 8. The first kappa shape index (κ1) is 35.8. The normalized spacial score (nSPS) is 18.4. The van der Waals surface area contributed by atoms with Gasteiger partial charge >= 0.3 is 6.18 Å². The number of carbonyl (C=O) groups excluding carboxylic acids is 2. The molecule has 2 aliphatic heterocycles. The molecule has 2 aliphatic rings. The van der Waals surface area contributed by atoms with E-state index in [2.05, 4.69) is 31.2 Å². The van der Waals surface area contributed by atoms with Gasteiger partial charge in [-0.2, -0.15) is 13.2 Å². The third-order valence-corrected chi connectivity index (χ3v) is 9.11. The van der Waals surface area contributed by atoms with Gasteiger partial charge in [-0.05, 0) is 111 Å². The van der Waals surface area contributed by atoms with E-state index in [0.29, 0.717) is 23.2 Å². The van der Waals surface area contributed by atoms with Crippen LogP contribution >= 0.6 is 0 Å². The molecular weight excluding hydrogens is 661 g/mol. The Labute approximate surface area is 294 Å². The molecule has 4 aromatic rings. The summed E-state index contributed by atoms with van der Waals surface area (Å²) in [5.74, 6) is -0.501.